The molecule has 2 aromatic rings. The van der Waals surface area contributed by atoms with Crippen LogP contribution >= 0.6 is 0 Å². The van der Waals surface area contributed by atoms with Gasteiger partial charge in [-0.2, -0.15) is 0 Å². The number of aromatic nitrogens is 3. The zero-order valence-corrected chi connectivity index (χ0v) is 15.8. The van der Waals surface area contributed by atoms with Crippen molar-refractivity contribution in [1.82, 2.24) is 19.9 Å². The lowest BCUT2D eigenvalue weighted by atomic mass is 9.72. The molecule has 5 heteroatoms. The summed E-state index contributed by atoms with van der Waals surface area (Å²) in [5, 5.41) is 0. The highest BCUT2D eigenvalue weighted by atomic mass is 15.3. The molecule has 2 aromatic heterocycles. The number of anilines is 1. The van der Waals surface area contributed by atoms with Crippen LogP contribution in [0.25, 0.3) is 0 Å². The maximum absolute atomic E-state index is 4.57. The van der Waals surface area contributed by atoms with E-state index in [9.17, 15) is 0 Å². The molecule has 0 unspecified atom stereocenters. The van der Waals surface area contributed by atoms with Crippen LogP contribution in [0.5, 0.6) is 0 Å². The van der Waals surface area contributed by atoms with Crippen LogP contribution in [0.3, 0.4) is 0 Å². The summed E-state index contributed by atoms with van der Waals surface area (Å²) in [7, 11) is 0. The molecule has 0 atom stereocenters. The summed E-state index contributed by atoms with van der Waals surface area (Å²) in [6.45, 7) is 7.67. The second kappa shape index (κ2) is 7.70. The molecule has 0 saturated carbocycles. The molecule has 0 N–H and O–H groups in total. The fraction of sp³-hybridized carbons (Fsp3) is 0.571. The first-order chi connectivity index (χ1) is 12.8. The number of hydrogen-bond donors (Lipinski definition) is 0. The predicted octanol–water partition coefficient (Wildman–Crippen LogP) is 3.32. The molecule has 4 heterocycles. The first-order valence-corrected chi connectivity index (χ1v) is 9.94. The Bertz CT molecular complexity index is 692. The SMILES string of the molecule is CCc1cnc(N2CCC3(CCCN(Cc4ccccn4)C3)CC2)nc1. The van der Waals surface area contributed by atoms with E-state index in [4.69, 9.17) is 0 Å². The van der Waals surface area contributed by atoms with Crippen LogP contribution < -0.4 is 4.90 Å². The van der Waals surface area contributed by atoms with Gasteiger partial charge in [0.25, 0.3) is 0 Å². The molecule has 1 spiro atoms. The van der Waals surface area contributed by atoms with Gasteiger partial charge in [-0.25, -0.2) is 9.97 Å². The number of rotatable bonds is 4. The number of aryl methyl sites for hydroxylation is 1. The number of piperidine rings is 2. The monoisotopic (exact) mass is 351 g/mol. The molecule has 26 heavy (non-hydrogen) atoms. The van der Waals surface area contributed by atoms with Crippen molar-refractivity contribution in [2.45, 2.75) is 45.6 Å². The normalized spacial score (nSPS) is 20.4. The Morgan fingerprint density at radius 2 is 1.81 bits per heavy atom. The van der Waals surface area contributed by atoms with E-state index >= 15 is 0 Å². The molecule has 0 amide bonds. The van der Waals surface area contributed by atoms with E-state index in [0.29, 0.717) is 5.41 Å². The second-order valence-electron chi connectivity index (χ2n) is 7.87. The maximum atomic E-state index is 4.57. The first kappa shape index (κ1) is 17.4. The van der Waals surface area contributed by atoms with Gasteiger partial charge in [0.15, 0.2) is 0 Å². The largest absolute Gasteiger partial charge is 0.341 e. The smallest absolute Gasteiger partial charge is 0.225 e. The van der Waals surface area contributed by atoms with Gasteiger partial charge < -0.3 is 4.90 Å². The van der Waals surface area contributed by atoms with Gasteiger partial charge in [-0.05, 0) is 61.8 Å². The van der Waals surface area contributed by atoms with Crippen molar-refractivity contribution >= 4 is 5.95 Å². The van der Waals surface area contributed by atoms with Crippen molar-refractivity contribution in [1.29, 1.82) is 0 Å². The lowest BCUT2D eigenvalue weighted by molar-refractivity contribution is 0.0596. The van der Waals surface area contributed by atoms with E-state index in [-0.39, 0.29) is 0 Å². The third-order valence-electron chi connectivity index (χ3n) is 6.06. The van der Waals surface area contributed by atoms with Crippen molar-refractivity contribution in [2.75, 3.05) is 31.1 Å². The average Bonchev–Trinajstić information content (AvgIpc) is 2.70. The van der Waals surface area contributed by atoms with Crippen molar-refractivity contribution in [3.8, 4) is 0 Å². The fourth-order valence-corrected chi connectivity index (χ4v) is 4.45. The summed E-state index contributed by atoms with van der Waals surface area (Å²) < 4.78 is 0. The van der Waals surface area contributed by atoms with Crippen molar-refractivity contribution < 1.29 is 0 Å². The Kier molecular flexibility index (Phi) is 5.16. The van der Waals surface area contributed by atoms with Crippen molar-refractivity contribution in [2.24, 2.45) is 5.41 Å². The molecule has 5 nitrogen and oxygen atoms in total. The molecule has 0 bridgehead atoms. The van der Waals surface area contributed by atoms with Gasteiger partial charge in [0.05, 0.1) is 5.69 Å². The molecule has 2 saturated heterocycles. The van der Waals surface area contributed by atoms with Gasteiger partial charge >= 0.3 is 0 Å². The van der Waals surface area contributed by atoms with Crippen LogP contribution in [-0.4, -0.2) is 46.0 Å². The molecule has 0 radical (unpaired) electrons. The molecular formula is C21H29N5. The molecule has 0 aliphatic carbocycles. The lowest BCUT2D eigenvalue weighted by Gasteiger charge is -2.47. The minimum Gasteiger partial charge on any atom is -0.341 e. The highest BCUT2D eigenvalue weighted by Gasteiger charge is 2.38. The molecule has 2 aliphatic rings. The number of hydrogen-bond acceptors (Lipinski definition) is 5. The van der Waals surface area contributed by atoms with Gasteiger partial charge in [-0.15, -0.1) is 0 Å². The average molecular weight is 351 g/mol. The molecule has 2 fully saturated rings. The zero-order valence-electron chi connectivity index (χ0n) is 15.8. The third-order valence-corrected chi connectivity index (χ3v) is 6.06. The minimum absolute atomic E-state index is 0.465. The Hall–Kier alpha value is -2.01. The van der Waals surface area contributed by atoms with Crippen LogP contribution in [0, 0.1) is 5.41 Å². The summed E-state index contributed by atoms with van der Waals surface area (Å²) in [6.07, 6.45) is 12.0. The highest BCUT2D eigenvalue weighted by molar-refractivity contribution is 5.31. The minimum atomic E-state index is 0.465. The molecule has 0 aromatic carbocycles. The van der Waals surface area contributed by atoms with Crippen molar-refractivity contribution in [3.63, 3.8) is 0 Å². The summed E-state index contributed by atoms with van der Waals surface area (Å²) in [6, 6.07) is 6.22. The van der Waals surface area contributed by atoms with Crippen LogP contribution in [0.15, 0.2) is 36.8 Å². The van der Waals surface area contributed by atoms with E-state index in [1.54, 1.807) is 0 Å². The second-order valence-corrected chi connectivity index (χ2v) is 7.87. The number of likely N-dealkylation sites (tertiary alicyclic amines) is 1. The molecular weight excluding hydrogens is 322 g/mol. The number of nitrogens with zero attached hydrogens (tertiary/aromatic N) is 5. The highest BCUT2D eigenvalue weighted by Crippen LogP contribution is 2.40. The Balaban J connectivity index is 1.36. The Labute approximate surface area is 156 Å². The fourth-order valence-electron chi connectivity index (χ4n) is 4.45. The van der Waals surface area contributed by atoms with Gasteiger partial charge in [0, 0.05) is 44.8 Å². The van der Waals surface area contributed by atoms with Gasteiger partial charge in [-0.1, -0.05) is 13.0 Å². The van der Waals surface area contributed by atoms with Gasteiger partial charge in [0.2, 0.25) is 5.95 Å². The zero-order chi connectivity index (χ0) is 17.8. The van der Waals surface area contributed by atoms with E-state index < -0.39 is 0 Å². The number of pyridine rings is 1. The van der Waals surface area contributed by atoms with E-state index in [0.717, 1.165) is 32.0 Å². The van der Waals surface area contributed by atoms with Crippen molar-refractivity contribution in [3.05, 3.63) is 48.0 Å². The van der Waals surface area contributed by atoms with Gasteiger partial charge in [0.1, 0.15) is 0 Å². The van der Waals surface area contributed by atoms with E-state index in [1.165, 1.54) is 50.0 Å². The summed E-state index contributed by atoms with van der Waals surface area (Å²) in [5.41, 5.74) is 2.86. The van der Waals surface area contributed by atoms with Crippen LogP contribution in [-0.2, 0) is 13.0 Å². The quantitative estimate of drug-likeness (QED) is 0.845. The Morgan fingerprint density at radius 3 is 2.50 bits per heavy atom. The van der Waals surface area contributed by atoms with E-state index in [2.05, 4.69) is 43.8 Å². The van der Waals surface area contributed by atoms with Gasteiger partial charge in [-0.3, -0.25) is 9.88 Å². The van der Waals surface area contributed by atoms with E-state index in [1.807, 2.05) is 24.7 Å². The van der Waals surface area contributed by atoms with Crippen LogP contribution in [0.1, 0.15) is 43.9 Å². The Morgan fingerprint density at radius 1 is 1.00 bits per heavy atom. The summed E-state index contributed by atoms with van der Waals surface area (Å²) in [5.74, 6) is 0.901. The predicted molar refractivity (Wildman–Crippen MR) is 104 cm³/mol. The lowest BCUT2D eigenvalue weighted by Crippen LogP contribution is -2.49. The molecule has 138 valence electrons. The standard InChI is InChI=1S/C21H29N5/c1-2-18-14-23-20(24-15-18)26-12-8-21(9-13-26)7-5-11-25(17-21)16-19-6-3-4-10-22-19/h3-4,6,10,14-15H,2,5,7-9,11-13,16-17H2,1H3. The topological polar surface area (TPSA) is 45.2 Å². The third kappa shape index (κ3) is 3.88. The summed E-state index contributed by atoms with van der Waals surface area (Å²) in [4.78, 5) is 18.6. The van der Waals surface area contributed by atoms with Crippen LogP contribution in [0.2, 0.25) is 0 Å². The summed E-state index contributed by atoms with van der Waals surface area (Å²) >= 11 is 0. The molecule has 4 rings (SSSR count). The first-order valence-electron chi connectivity index (χ1n) is 9.94. The van der Waals surface area contributed by atoms with Crippen LogP contribution in [0.4, 0.5) is 5.95 Å². The molecule has 2 aliphatic heterocycles. The maximum Gasteiger partial charge on any atom is 0.225 e.